The summed E-state index contributed by atoms with van der Waals surface area (Å²) in [4.78, 5) is 22.4. The lowest BCUT2D eigenvalue weighted by atomic mass is 10.2. The summed E-state index contributed by atoms with van der Waals surface area (Å²) >= 11 is 0. The molecular weight excluding hydrogens is 236 g/mol. The normalized spacial score (nSPS) is 20.2. The van der Waals surface area contributed by atoms with E-state index in [1.807, 2.05) is 0 Å². The molecule has 0 aliphatic heterocycles. The number of carbonyl (C=O) groups is 2. The average molecular weight is 256 g/mol. The van der Waals surface area contributed by atoms with E-state index in [4.69, 9.17) is 9.84 Å². The lowest BCUT2D eigenvalue weighted by Crippen LogP contribution is -2.47. The fourth-order valence-corrected chi connectivity index (χ4v) is 1.77. The molecule has 0 saturated heterocycles. The number of ether oxygens (including phenoxy) is 1. The van der Waals surface area contributed by atoms with Gasteiger partial charge in [-0.05, 0) is 37.5 Å². The first kappa shape index (κ1) is 13.1. The number of amides is 2. The van der Waals surface area contributed by atoms with E-state index in [0.717, 1.165) is 19.4 Å². The van der Waals surface area contributed by atoms with E-state index in [2.05, 4.69) is 10.6 Å². The fourth-order valence-electron chi connectivity index (χ4n) is 1.77. The molecule has 0 aromatic heterocycles. The molecule has 2 fully saturated rings. The van der Waals surface area contributed by atoms with Crippen LogP contribution >= 0.6 is 0 Å². The lowest BCUT2D eigenvalue weighted by Gasteiger charge is -2.14. The van der Waals surface area contributed by atoms with Crippen molar-refractivity contribution in [2.75, 3.05) is 19.8 Å². The van der Waals surface area contributed by atoms with E-state index >= 15 is 0 Å². The number of urea groups is 1. The van der Waals surface area contributed by atoms with Gasteiger partial charge in [-0.3, -0.25) is 0 Å². The van der Waals surface area contributed by atoms with Crippen LogP contribution in [0.25, 0.3) is 0 Å². The Bertz CT molecular complexity index is 313. The largest absolute Gasteiger partial charge is 0.480 e. The van der Waals surface area contributed by atoms with Gasteiger partial charge < -0.3 is 20.5 Å². The van der Waals surface area contributed by atoms with Crippen LogP contribution in [0.2, 0.25) is 0 Å². The summed E-state index contributed by atoms with van der Waals surface area (Å²) in [5, 5.41) is 14.0. The fraction of sp³-hybridized carbons (Fsp3) is 0.833. The summed E-state index contributed by atoms with van der Waals surface area (Å²) in [6, 6.07) is -1.18. The molecule has 2 aliphatic rings. The van der Waals surface area contributed by atoms with Crippen LogP contribution in [0.5, 0.6) is 0 Å². The van der Waals surface area contributed by atoms with Gasteiger partial charge >= 0.3 is 12.0 Å². The van der Waals surface area contributed by atoms with E-state index in [1.165, 1.54) is 12.8 Å². The van der Waals surface area contributed by atoms with Crippen molar-refractivity contribution in [2.45, 2.75) is 31.7 Å². The van der Waals surface area contributed by atoms with Crippen molar-refractivity contribution in [3.05, 3.63) is 0 Å². The molecule has 6 heteroatoms. The first-order valence-corrected chi connectivity index (χ1v) is 6.51. The molecule has 0 bridgehead atoms. The number of nitrogens with one attached hydrogen (secondary N) is 2. The minimum atomic E-state index is -0.961. The third-order valence-corrected chi connectivity index (χ3v) is 3.23. The van der Waals surface area contributed by atoms with E-state index < -0.39 is 18.0 Å². The van der Waals surface area contributed by atoms with Gasteiger partial charge in [-0.2, -0.15) is 0 Å². The molecule has 0 radical (unpaired) electrons. The highest BCUT2D eigenvalue weighted by Gasteiger charge is 2.37. The minimum Gasteiger partial charge on any atom is -0.480 e. The van der Waals surface area contributed by atoms with Gasteiger partial charge in [0, 0.05) is 13.2 Å². The third-order valence-electron chi connectivity index (χ3n) is 3.23. The smallest absolute Gasteiger partial charge is 0.326 e. The summed E-state index contributed by atoms with van der Waals surface area (Å²) in [6.45, 7) is 1.66. The van der Waals surface area contributed by atoms with Crippen LogP contribution in [0.15, 0.2) is 0 Å². The standard InChI is InChI=1S/C12H20N2O4/c15-11(16)10(9-3-4-9)14-12(17)13-5-6-18-7-8-1-2-8/h8-10H,1-7H2,(H,15,16)(H2,13,14,17). The average Bonchev–Trinajstić information content (AvgIpc) is 3.17. The molecule has 102 valence electrons. The zero-order valence-electron chi connectivity index (χ0n) is 10.4. The van der Waals surface area contributed by atoms with Crippen LogP contribution in [0.3, 0.4) is 0 Å². The Morgan fingerprint density at radius 1 is 1.28 bits per heavy atom. The monoisotopic (exact) mass is 256 g/mol. The molecule has 0 aromatic rings. The molecule has 0 heterocycles. The number of carboxylic acid groups (broad SMARTS) is 1. The van der Waals surface area contributed by atoms with Crippen LogP contribution in [0.1, 0.15) is 25.7 Å². The van der Waals surface area contributed by atoms with Crippen LogP contribution in [0, 0.1) is 11.8 Å². The van der Waals surface area contributed by atoms with Gasteiger partial charge in [-0.25, -0.2) is 9.59 Å². The van der Waals surface area contributed by atoms with Crippen LogP contribution < -0.4 is 10.6 Å². The Morgan fingerprint density at radius 2 is 2.00 bits per heavy atom. The second kappa shape index (κ2) is 6.04. The zero-order valence-corrected chi connectivity index (χ0v) is 10.4. The van der Waals surface area contributed by atoms with Gasteiger partial charge in [-0.15, -0.1) is 0 Å². The Labute approximate surface area is 106 Å². The number of hydrogen-bond donors (Lipinski definition) is 3. The Hall–Kier alpha value is -1.30. The molecule has 2 aliphatic carbocycles. The number of rotatable bonds is 8. The summed E-state index contributed by atoms with van der Waals surface area (Å²) in [6.07, 6.45) is 4.24. The molecular formula is C12H20N2O4. The zero-order chi connectivity index (χ0) is 13.0. The Kier molecular flexibility index (Phi) is 4.41. The van der Waals surface area contributed by atoms with Crippen molar-refractivity contribution in [2.24, 2.45) is 11.8 Å². The summed E-state index contributed by atoms with van der Waals surface area (Å²) in [5.41, 5.74) is 0. The van der Waals surface area contributed by atoms with Gasteiger partial charge in [-0.1, -0.05) is 0 Å². The predicted octanol–water partition coefficient (Wildman–Crippen LogP) is 0.575. The van der Waals surface area contributed by atoms with Crippen molar-refractivity contribution in [3.63, 3.8) is 0 Å². The number of aliphatic carboxylic acids is 1. The van der Waals surface area contributed by atoms with Crippen LogP contribution in [-0.2, 0) is 9.53 Å². The summed E-state index contributed by atoms with van der Waals surface area (Å²) in [5.74, 6) is -0.151. The number of carbonyl (C=O) groups excluding carboxylic acids is 1. The van der Waals surface area contributed by atoms with Crippen molar-refractivity contribution >= 4 is 12.0 Å². The molecule has 3 N–H and O–H groups in total. The van der Waals surface area contributed by atoms with Crippen molar-refractivity contribution < 1.29 is 19.4 Å². The van der Waals surface area contributed by atoms with Gasteiger partial charge in [0.2, 0.25) is 0 Å². The highest BCUT2D eigenvalue weighted by atomic mass is 16.5. The van der Waals surface area contributed by atoms with Crippen LogP contribution in [0.4, 0.5) is 4.79 Å². The lowest BCUT2D eigenvalue weighted by molar-refractivity contribution is -0.139. The first-order valence-electron chi connectivity index (χ1n) is 6.51. The maximum atomic E-state index is 11.5. The number of carboxylic acids is 1. The van der Waals surface area contributed by atoms with Gasteiger partial charge in [0.15, 0.2) is 0 Å². The van der Waals surface area contributed by atoms with E-state index in [9.17, 15) is 9.59 Å². The van der Waals surface area contributed by atoms with E-state index in [1.54, 1.807) is 0 Å². The minimum absolute atomic E-state index is 0.0966. The van der Waals surface area contributed by atoms with Crippen molar-refractivity contribution in [3.8, 4) is 0 Å². The molecule has 0 aromatic carbocycles. The highest BCUT2D eigenvalue weighted by molar-refractivity contribution is 5.83. The van der Waals surface area contributed by atoms with Gasteiger partial charge in [0.25, 0.3) is 0 Å². The predicted molar refractivity (Wildman–Crippen MR) is 64.2 cm³/mol. The molecule has 0 spiro atoms. The SMILES string of the molecule is O=C(NCCOCC1CC1)NC(C(=O)O)C1CC1. The first-order chi connectivity index (χ1) is 8.66. The highest BCUT2D eigenvalue weighted by Crippen LogP contribution is 2.32. The molecule has 1 atom stereocenters. The topological polar surface area (TPSA) is 87.7 Å². The van der Waals surface area contributed by atoms with Crippen molar-refractivity contribution in [1.29, 1.82) is 0 Å². The van der Waals surface area contributed by atoms with Crippen molar-refractivity contribution in [1.82, 2.24) is 10.6 Å². The Balaban J connectivity index is 1.54. The maximum Gasteiger partial charge on any atom is 0.326 e. The molecule has 1 unspecified atom stereocenters. The van der Waals surface area contributed by atoms with E-state index in [0.29, 0.717) is 19.1 Å². The second-order valence-electron chi connectivity index (χ2n) is 5.07. The third kappa shape index (κ3) is 4.52. The molecule has 2 amide bonds. The second-order valence-corrected chi connectivity index (χ2v) is 5.07. The quantitative estimate of drug-likeness (QED) is 0.554. The molecule has 2 saturated carbocycles. The maximum absolute atomic E-state index is 11.5. The Morgan fingerprint density at radius 3 is 2.56 bits per heavy atom. The summed E-state index contributed by atoms with van der Waals surface area (Å²) < 4.78 is 5.36. The van der Waals surface area contributed by atoms with Crippen LogP contribution in [-0.4, -0.2) is 42.9 Å². The summed E-state index contributed by atoms with van der Waals surface area (Å²) in [7, 11) is 0. The number of hydrogen-bond acceptors (Lipinski definition) is 3. The molecule has 2 rings (SSSR count). The van der Waals surface area contributed by atoms with E-state index in [-0.39, 0.29) is 5.92 Å². The van der Waals surface area contributed by atoms with Gasteiger partial charge in [0.1, 0.15) is 6.04 Å². The van der Waals surface area contributed by atoms with Gasteiger partial charge in [0.05, 0.1) is 6.61 Å². The molecule has 18 heavy (non-hydrogen) atoms. The molecule has 6 nitrogen and oxygen atoms in total.